The van der Waals surface area contributed by atoms with Gasteiger partial charge in [-0.2, -0.15) is 0 Å². The zero-order valence-corrected chi connectivity index (χ0v) is 10.8. The molecule has 100 valence electrons. The van der Waals surface area contributed by atoms with Crippen molar-refractivity contribution in [3.8, 4) is 0 Å². The normalized spacial score (nSPS) is 11.4. The second-order valence-corrected chi connectivity index (χ2v) is 3.89. The van der Waals surface area contributed by atoms with E-state index in [1.165, 1.54) is 24.5 Å². The van der Waals surface area contributed by atoms with Crippen molar-refractivity contribution >= 4 is 11.7 Å². The Labute approximate surface area is 112 Å². The van der Waals surface area contributed by atoms with Crippen LogP contribution in [-0.2, 0) is 9.53 Å². The molecular formula is C14H16N2O3. The van der Waals surface area contributed by atoms with Gasteiger partial charge in [-0.1, -0.05) is 19.8 Å². The van der Waals surface area contributed by atoms with Crippen LogP contribution in [0.1, 0.15) is 31.7 Å². The molecule has 1 aromatic heterocycles. The molecule has 0 atom stereocenters. The summed E-state index contributed by atoms with van der Waals surface area (Å²) in [7, 11) is 0. The van der Waals surface area contributed by atoms with Gasteiger partial charge >= 0.3 is 11.7 Å². The summed E-state index contributed by atoms with van der Waals surface area (Å²) in [5.74, 6) is -1.17. The Morgan fingerprint density at radius 2 is 2.11 bits per heavy atom. The minimum absolute atomic E-state index is 0.259. The van der Waals surface area contributed by atoms with Gasteiger partial charge in [-0.25, -0.2) is 4.85 Å². The van der Waals surface area contributed by atoms with Crippen LogP contribution in [0.4, 0.5) is 0 Å². The zero-order valence-electron chi connectivity index (χ0n) is 10.8. The van der Waals surface area contributed by atoms with E-state index in [2.05, 4.69) is 9.83 Å². The Kier molecular flexibility index (Phi) is 6.10. The highest BCUT2D eigenvalue weighted by molar-refractivity contribution is 5.97. The lowest BCUT2D eigenvalue weighted by atomic mass is 10.2. The topological polar surface area (TPSA) is 63.8 Å². The number of esters is 1. The zero-order chi connectivity index (χ0) is 14.1. The summed E-state index contributed by atoms with van der Waals surface area (Å²) in [6, 6.07) is 3.04. The molecule has 1 rings (SSSR count). The van der Waals surface area contributed by atoms with Gasteiger partial charge in [0, 0.05) is 18.0 Å². The Hall–Kier alpha value is -2.35. The van der Waals surface area contributed by atoms with Crippen LogP contribution in [0.5, 0.6) is 0 Å². The van der Waals surface area contributed by atoms with Crippen molar-refractivity contribution in [2.24, 2.45) is 0 Å². The molecule has 0 spiro atoms. The van der Waals surface area contributed by atoms with Crippen molar-refractivity contribution in [2.75, 3.05) is 6.61 Å². The fraction of sp³-hybridized carbons (Fsp3) is 0.357. The molecule has 0 radical (unpaired) electrons. The van der Waals surface area contributed by atoms with Crippen LogP contribution in [0.3, 0.4) is 0 Å². The lowest BCUT2D eigenvalue weighted by Gasteiger charge is -2.05. The average molecular weight is 260 g/mol. The summed E-state index contributed by atoms with van der Waals surface area (Å²) in [6.07, 6.45) is 5.68. The summed E-state index contributed by atoms with van der Waals surface area (Å²) < 4.78 is 4.95. The first-order valence-electron chi connectivity index (χ1n) is 6.09. The predicted molar refractivity (Wildman–Crippen MR) is 70.9 cm³/mol. The van der Waals surface area contributed by atoms with Crippen molar-refractivity contribution in [3.63, 3.8) is 0 Å². The molecule has 0 aliphatic heterocycles. The number of ether oxygens (including phenoxy) is 1. The first-order valence-corrected chi connectivity index (χ1v) is 6.09. The molecule has 0 unspecified atom stereocenters. The molecule has 0 amide bonds. The van der Waals surface area contributed by atoms with E-state index in [4.69, 9.17) is 11.3 Å². The van der Waals surface area contributed by atoms with Crippen molar-refractivity contribution < 1.29 is 14.6 Å². The van der Waals surface area contributed by atoms with Crippen LogP contribution in [0, 0.1) is 6.57 Å². The summed E-state index contributed by atoms with van der Waals surface area (Å²) in [6.45, 7) is 9.28. The van der Waals surface area contributed by atoms with Gasteiger partial charge in [-0.05, 0) is 18.6 Å². The quantitative estimate of drug-likeness (QED) is 0.281. The van der Waals surface area contributed by atoms with Crippen LogP contribution in [0.2, 0.25) is 0 Å². The van der Waals surface area contributed by atoms with Crippen molar-refractivity contribution in [2.45, 2.75) is 26.2 Å². The van der Waals surface area contributed by atoms with E-state index in [-0.39, 0.29) is 12.4 Å². The van der Waals surface area contributed by atoms with E-state index in [9.17, 15) is 9.90 Å². The third-order valence-electron chi connectivity index (χ3n) is 2.46. The third kappa shape index (κ3) is 4.43. The van der Waals surface area contributed by atoms with Gasteiger partial charge in [0.05, 0.1) is 13.2 Å². The molecular weight excluding hydrogens is 244 g/mol. The highest BCUT2D eigenvalue weighted by Crippen LogP contribution is 2.17. The largest absolute Gasteiger partial charge is 0.518 e. The van der Waals surface area contributed by atoms with Crippen molar-refractivity contribution in [3.05, 3.63) is 47.2 Å². The van der Waals surface area contributed by atoms with Crippen molar-refractivity contribution in [1.82, 2.24) is 4.98 Å². The van der Waals surface area contributed by atoms with Crippen molar-refractivity contribution in [1.29, 1.82) is 0 Å². The number of aromatic nitrogens is 1. The number of aliphatic hydroxyl groups is 1. The molecule has 0 aromatic carbocycles. The first kappa shape index (κ1) is 14.7. The number of carbonyl (C=O) groups excluding carboxylic acids is 1. The molecule has 0 aliphatic rings. The van der Waals surface area contributed by atoms with E-state index in [1.54, 1.807) is 0 Å². The number of pyridine rings is 1. The molecule has 0 bridgehead atoms. The smallest absolute Gasteiger partial charge is 0.340 e. The molecule has 0 saturated heterocycles. The minimum atomic E-state index is -0.791. The third-order valence-corrected chi connectivity index (χ3v) is 2.46. The Morgan fingerprint density at radius 3 is 2.68 bits per heavy atom. The molecule has 5 heteroatoms. The average Bonchev–Trinajstić information content (AvgIpc) is 2.45. The van der Waals surface area contributed by atoms with Crippen LogP contribution < -0.4 is 0 Å². The van der Waals surface area contributed by atoms with Gasteiger partial charge in [0.15, 0.2) is 0 Å². The number of hydrogen-bond donors (Lipinski definition) is 1. The summed E-state index contributed by atoms with van der Waals surface area (Å²) >= 11 is 0. The number of rotatable bonds is 6. The van der Waals surface area contributed by atoms with Crippen LogP contribution >= 0.6 is 0 Å². The van der Waals surface area contributed by atoms with E-state index in [0.29, 0.717) is 5.56 Å². The molecule has 1 N–H and O–H groups in total. The van der Waals surface area contributed by atoms with Gasteiger partial charge in [0.25, 0.3) is 0 Å². The standard InChI is InChI=1S/C14H16N2O3/c1-3-4-5-10-19-14(18)12(15-2)13(17)11-6-8-16-9-7-11/h6-9,17H,3-5,10H2,1H3. The maximum atomic E-state index is 11.7. The predicted octanol–water partition coefficient (Wildman–Crippen LogP) is 2.96. The van der Waals surface area contributed by atoms with E-state index >= 15 is 0 Å². The van der Waals surface area contributed by atoms with E-state index in [1.807, 2.05) is 6.92 Å². The molecule has 19 heavy (non-hydrogen) atoms. The number of unbranched alkanes of at least 4 members (excludes halogenated alkanes) is 2. The van der Waals surface area contributed by atoms with Gasteiger partial charge in [0.1, 0.15) is 5.76 Å². The number of nitrogens with zero attached hydrogens (tertiary/aromatic N) is 2. The van der Waals surface area contributed by atoms with Gasteiger partial charge < -0.3 is 9.84 Å². The number of carbonyl (C=O) groups is 1. The second-order valence-electron chi connectivity index (χ2n) is 3.89. The molecule has 0 fully saturated rings. The number of hydrogen-bond acceptors (Lipinski definition) is 4. The van der Waals surface area contributed by atoms with Crippen LogP contribution in [0.25, 0.3) is 10.6 Å². The van der Waals surface area contributed by atoms with E-state index in [0.717, 1.165) is 19.3 Å². The summed E-state index contributed by atoms with van der Waals surface area (Å²) in [5, 5.41) is 9.89. The van der Waals surface area contributed by atoms with Gasteiger partial charge in [-0.3, -0.25) is 9.78 Å². The van der Waals surface area contributed by atoms with E-state index < -0.39 is 11.7 Å². The minimum Gasteiger partial charge on any atom is -0.518 e. The molecule has 5 nitrogen and oxygen atoms in total. The Balaban J connectivity index is 2.77. The Morgan fingerprint density at radius 1 is 1.42 bits per heavy atom. The first-order chi connectivity index (χ1) is 9.20. The van der Waals surface area contributed by atoms with Gasteiger partial charge in [0.2, 0.25) is 0 Å². The van der Waals surface area contributed by atoms with Crippen LogP contribution in [-0.4, -0.2) is 22.7 Å². The fourth-order valence-corrected chi connectivity index (χ4v) is 1.43. The molecule has 0 saturated carbocycles. The maximum absolute atomic E-state index is 11.7. The SMILES string of the molecule is [C-]#[N+]C(C(=O)OCCCCC)=C(O)c1ccncc1. The summed E-state index contributed by atoms with van der Waals surface area (Å²) in [4.78, 5) is 18.5. The second kappa shape index (κ2) is 7.88. The van der Waals surface area contributed by atoms with Gasteiger partial charge in [-0.15, -0.1) is 0 Å². The number of aliphatic hydroxyl groups excluding tert-OH is 1. The highest BCUT2D eigenvalue weighted by Gasteiger charge is 2.18. The lowest BCUT2D eigenvalue weighted by molar-refractivity contribution is -0.138. The summed E-state index contributed by atoms with van der Waals surface area (Å²) in [5.41, 5.74) is -0.0331. The van der Waals surface area contributed by atoms with Crippen LogP contribution in [0.15, 0.2) is 30.2 Å². The maximum Gasteiger partial charge on any atom is 0.340 e. The lowest BCUT2D eigenvalue weighted by Crippen LogP contribution is -2.09. The molecule has 1 aromatic rings. The molecule has 1 heterocycles. The monoisotopic (exact) mass is 260 g/mol. The highest BCUT2D eigenvalue weighted by atomic mass is 16.5. The fourth-order valence-electron chi connectivity index (χ4n) is 1.43. The Bertz CT molecular complexity index is 489. The molecule has 0 aliphatic carbocycles.